The van der Waals surface area contributed by atoms with Gasteiger partial charge in [-0.2, -0.15) is 5.26 Å². The molecule has 0 bridgehead atoms. The molecule has 2 rings (SSSR count). The number of nitrogens with zero attached hydrogens (tertiary/aromatic N) is 1. The summed E-state index contributed by atoms with van der Waals surface area (Å²) in [6, 6.07) is 10.1. The molecule has 27 heavy (non-hydrogen) atoms. The summed E-state index contributed by atoms with van der Waals surface area (Å²) in [6.07, 6.45) is 1.28. The molecule has 2 N–H and O–H groups in total. The van der Waals surface area contributed by atoms with Crippen molar-refractivity contribution in [2.24, 2.45) is 0 Å². The van der Waals surface area contributed by atoms with Gasteiger partial charge in [-0.05, 0) is 24.6 Å². The van der Waals surface area contributed by atoms with E-state index in [2.05, 4.69) is 10.6 Å². The Labute approximate surface area is 167 Å². The van der Waals surface area contributed by atoms with Crippen molar-refractivity contribution in [3.63, 3.8) is 0 Å². The van der Waals surface area contributed by atoms with Gasteiger partial charge in [0.25, 0.3) is 5.91 Å². The van der Waals surface area contributed by atoms with Gasteiger partial charge in [0.1, 0.15) is 23.1 Å². The fraction of sp³-hybridized carbons (Fsp3) is 0.158. The lowest BCUT2D eigenvalue weighted by atomic mass is 10.2. The zero-order valence-corrected chi connectivity index (χ0v) is 16.4. The van der Waals surface area contributed by atoms with Crippen LogP contribution in [0.3, 0.4) is 0 Å². The van der Waals surface area contributed by atoms with E-state index in [4.69, 9.17) is 32.7 Å². The monoisotopic (exact) mass is 405 g/mol. The van der Waals surface area contributed by atoms with Crippen LogP contribution in [-0.4, -0.2) is 20.1 Å². The molecule has 0 spiro atoms. The zero-order chi connectivity index (χ0) is 20.0. The van der Waals surface area contributed by atoms with Crippen LogP contribution in [0.15, 0.2) is 42.1 Å². The number of nitriles is 1. The molecule has 2 aromatic rings. The lowest BCUT2D eigenvalue weighted by Crippen LogP contribution is -2.15. The summed E-state index contributed by atoms with van der Waals surface area (Å²) in [5, 5.41) is 15.7. The Morgan fingerprint density at radius 2 is 1.81 bits per heavy atom. The number of amides is 1. The van der Waals surface area contributed by atoms with E-state index in [-0.39, 0.29) is 5.57 Å². The Balaban J connectivity index is 2.25. The Kier molecular flexibility index (Phi) is 6.94. The van der Waals surface area contributed by atoms with Crippen LogP contribution in [0.2, 0.25) is 10.0 Å². The molecule has 0 aliphatic heterocycles. The average Bonchev–Trinajstić information content (AvgIpc) is 2.65. The molecule has 0 aromatic heterocycles. The number of carbonyl (C=O) groups is 1. The molecule has 0 atom stereocenters. The number of nitrogens with one attached hydrogen (secondary N) is 2. The van der Waals surface area contributed by atoms with Crippen LogP contribution in [0.4, 0.5) is 11.4 Å². The fourth-order valence-electron chi connectivity index (χ4n) is 2.19. The van der Waals surface area contributed by atoms with Crippen LogP contribution in [0, 0.1) is 18.3 Å². The molecule has 1 amide bonds. The molecule has 0 radical (unpaired) electrons. The number of methoxy groups -OCH3 is 2. The Morgan fingerprint density at radius 1 is 1.11 bits per heavy atom. The third-order valence-electron chi connectivity index (χ3n) is 3.66. The van der Waals surface area contributed by atoms with E-state index in [1.165, 1.54) is 20.4 Å². The van der Waals surface area contributed by atoms with Crippen molar-refractivity contribution in [2.45, 2.75) is 6.92 Å². The third-order valence-corrected chi connectivity index (χ3v) is 4.19. The quantitative estimate of drug-likeness (QED) is 0.533. The highest BCUT2D eigenvalue weighted by atomic mass is 35.5. The lowest BCUT2D eigenvalue weighted by Gasteiger charge is -2.12. The molecule has 140 valence electrons. The number of halogens is 2. The SMILES string of the molecule is COc1cc(N/C=C(/C#N)C(=O)Nc2cc(Cl)ccc2C)c(OC)cc1Cl. The molecule has 0 unspecified atom stereocenters. The van der Waals surface area contributed by atoms with Crippen LogP contribution in [-0.2, 0) is 4.79 Å². The molecule has 8 heteroatoms. The van der Waals surface area contributed by atoms with Crippen LogP contribution < -0.4 is 20.1 Å². The number of anilines is 2. The van der Waals surface area contributed by atoms with Gasteiger partial charge in [0, 0.05) is 29.0 Å². The highest BCUT2D eigenvalue weighted by Gasteiger charge is 2.13. The van der Waals surface area contributed by atoms with E-state index in [1.807, 2.05) is 13.0 Å². The Bertz CT molecular complexity index is 937. The first-order chi connectivity index (χ1) is 12.9. The third kappa shape index (κ3) is 5.07. The number of benzene rings is 2. The van der Waals surface area contributed by atoms with Crippen molar-refractivity contribution < 1.29 is 14.3 Å². The number of hydrogen-bond donors (Lipinski definition) is 2. The van der Waals surface area contributed by atoms with Gasteiger partial charge in [-0.15, -0.1) is 0 Å². The van der Waals surface area contributed by atoms with Gasteiger partial charge in [0.2, 0.25) is 0 Å². The largest absolute Gasteiger partial charge is 0.495 e. The maximum absolute atomic E-state index is 12.4. The van der Waals surface area contributed by atoms with Crippen molar-refractivity contribution in [1.29, 1.82) is 5.26 Å². The summed E-state index contributed by atoms with van der Waals surface area (Å²) >= 11 is 12.0. The summed E-state index contributed by atoms with van der Waals surface area (Å²) in [6.45, 7) is 1.82. The van der Waals surface area contributed by atoms with Crippen LogP contribution in [0.1, 0.15) is 5.56 Å². The number of hydrogen-bond acceptors (Lipinski definition) is 5. The standard InChI is InChI=1S/C19H17Cl2N3O3/c1-11-4-5-13(20)6-15(11)24-19(25)12(9-22)10-23-16-8-17(26-2)14(21)7-18(16)27-3/h4-8,10,23H,1-3H3,(H,24,25)/b12-10-. The molecule has 6 nitrogen and oxygen atoms in total. The maximum Gasteiger partial charge on any atom is 0.267 e. The molecule has 0 aliphatic carbocycles. The predicted molar refractivity (Wildman–Crippen MR) is 107 cm³/mol. The Hall–Kier alpha value is -2.88. The van der Waals surface area contributed by atoms with Crippen molar-refractivity contribution in [1.82, 2.24) is 0 Å². The maximum atomic E-state index is 12.4. The Morgan fingerprint density at radius 3 is 2.44 bits per heavy atom. The highest BCUT2D eigenvalue weighted by molar-refractivity contribution is 6.32. The van der Waals surface area contributed by atoms with E-state index >= 15 is 0 Å². The molecular formula is C19H17Cl2N3O3. The molecule has 0 fully saturated rings. The number of rotatable bonds is 6. The number of carbonyl (C=O) groups excluding carboxylic acids is 1. The van der Waals surface area contributed by atoms with Gasteiger partial charge in [-0.25, -0.2) is 0 Å². The number of aryl methyl sites for hydroxylation is 1. The first-order valence-electron chi connectivity index (χ1n) is 7.75. The first-order valence-corrected chi connectivity index (χ1v) is 8.51. The molecular weight excluding hydrogens is 389 g/mol. The van der Waals surface area contributed by atoms with E-state index in [0.29, 0.717) is 32.9 Å². The van der Waals surface area contributed by atoms with Crippen molar-refractivity contribution in [2.75, 3.05) is 24.9 Å². The summed E-state index contributed by atoms with van der Waals surface area (Å²) in [5.41, 5.74) is 1.70. The molecule has 0 heterocycles. The molecule has 0 saturated heterocycles. The van der Waals surface area contributed by atoms with Gasteiger partial charge in [0.15, 0.2) is 0 Å². The van der Waals surface area contributed by atoms with E-state index in [0.717, 1.165) is 5.56 Å². The number of ether oxygens (including phenoxy) is 2. The summed E-state index contributed by atoms with van der Waals surface area (Å²) in [7, 11) is 2.96. The fourth-order valence-corrected chi connectivity index (χ4v) is 2.59. The molecule has 0 aliphatic rings. The van der Waals surface area contributed by atoms with Gasteiger partial charge in [-0.3, -0.25) is 4.79 Å². The summed E-state index contributed by atoms with van der Waals surface area (Å²) < 4.78 is 10.4. The predicted octanol–water partition coefficient (Wildman–Crippen LogP) is 4.78. The van der Waals surface area contributed by atoms with Crippen molar-refractivity contribution >= 4 is 40.5 Å². The zero-order valence-electron chi connectivity index (χ0n) is 14.9. The minimum Gasteiger partial charge on any atom is -0.495 e. The molecule has 0 saturated carbocycles. The second kappa shape index (κ2) is 9.17. The van der Waals surface area contributed by atoms with Crippen LogP contribution in [0.25, 0.3) is 0 Å². The van der Waals surface area contributed by atoms with Crippen LogP contribution in [0.5, 0.6) is 11.5 Å². The summed E-state index contributed by atoms with van der Waals surface area (Å²) in [5.74, 6) is 0.279. The van der Waals surface area contributed by atoms with E-state index in [9.17, 15) is 10.1 Å². The topological polar surface area (TPSA) is 83.4 Å². The first kappa shape index (κ1) is 20.4. The second-order valence-electron chi connectivity index (χ2n) is 5.41. The van der Waals surface area contributed by atoms with E-state index in [1.54, 1.807) is 30.3 Å². The van der Waals surface area contributed by atoms with Gasteiger partial charge in [-0.1, -0.05) is 29.3 Å². The van der Waals surface area contributed by atoms with Gasteiger partial charge >= 0.3 is 0 Å². The van der Waals surface area contributed by atoms with Gasteiger partial charge < -0.3 is 20.1 Å². The van der Waals surface area contributed by atoms with Gasteiger partial charge in [0.05, 0.1) is 24.9 Å². The van der Waals surface area contributed by atoms with Crippen molar-refractivity contribution in [3.05, 3.63) is 57.7 Å². The van der Waals surface area contributed by atoms with E-state index < -0.39 is 5.91 Å². The normalized spacial score (nSPS) is 10.7. The average molecular weight is 406 g/mol. The second-order valence-corrected chi connectivity index (χ2v) is 6.26. The lowest BCUT2D eigenvalue weighted by molar-refractivity contribution is -0.112. The minimum absolute atomic E-state index is 0.134. The van der Waals surface area contributed by atoms with Crippen LogP contribution >= 0.6 is 23.2 Å². The smallest absolute Gasteiger partial charge is 0.267 e. The highest BCUT2D eigenvalue weighted by Crippen LogP contribution is 2.36. The van der Waals surface area contributed by atoms with Crippen molar-refractivity contribution in [3.8, 4) is 17.6 Å². The minimum atomic E-state index is -0.574. The summed E-state index contributed by atoms with van der Waals surface area (Å²) in [4.78, 5) is 12.4. The molecule has 2 aromatic carbocycles.